The monoisotopic (exact) mass is 359 g/mol. The number of hydrogen-bond acceptors (Lipinski definition) is 5. The number of oxazole rings is 1. The standard InChI is InChI=1S/C12H7Cl2N3O4S/c13-8-4-7(5-15-11(8)14)22(19,20)17-6-1-2-10-9(3-6)16-12(18)21-10/h1-5,17H,(H,16,18). The fourth-order valence-corrected chi connectivity index (χ4v) is 3.13. The highest BCUT2D eigenvalue weighted by molar-refractivity contribution is 7.92. The van der Waals surface area contributed by atoms with E-state index in [9.17, 15) is 13.2 Å². The van der Waals surface area contributed by atoms with Crippen LogP contribution in [0.25, 0.3) is 11.1 Å². The van der Waals surface area contributed by atoms with Crippen LogP contribution in [0.15, 0.2) is 44.6 Å². The van der Waals surface area contributed by atoms with E-state index < -0.39 is 15.8 Å². The van der Waals surface area contributed by atoms with E-state index in [1.54, 1.807) is 0 Å². The van der Waals surface area contributed by atoms with Crippen molar-refractivity contribution >= 4 is 50.0 Å². The summed E-state index contributed by atoms with van der Waals surface area (Å²) in [6.45, 7) is 0. The van der Waals surface area contributed by atoms with E-state index in [1.807, 2.05) is 0 Å². The first kappa shape index (κ1) is 14.9. The van der Waals surface area contributed by atoms with Crippen LogP contribution in [0.3, 0.4) is 0 Å². The van der Waals surface area contributed by atoms with E-state index in [0.717, 1.165) is 6.20 Å². The Bertz CT molecular complexity index is 1030. The van der Waals surface area contributed by atoms with Crippen LogP contribution in [0.2, 0.25) is 10.2 Å². The van der Waals surface area contributed by atoms with Crippen molar-refractivity contribution in [2.24, 2.45) is 0 Å². The van der Waals surface area contributed by atoms with Gasteiger partial charge in [-0.05, 0) is 24.3 Å². The number of hydrogen-bond donors (Lipinski definition) is 2. The number of aromatic amines is 1. The number of aromatic nitrogens is 2. The second kappa shape index (κ2) is 5.31. The Hall–Kier alpha value is -2.03. The van der Waals surface area contributed by atoms with Crippen LogP contribution in [0.1, 0.15) is 0 Å². The Morgan fingerprint density at radius 2 is 2.00 bits per heavy atom. The molecule has 0 spiro atoms. The van der Waals surface area contributed by atoms with Crippen LogP contribution < -0.4 is 10.5 Å². The molecule has 114 valence electrons. The van der Waals surface area contributed by atoms with Gasteiger partial charge in [-0.1, -0.05) is 23.2 Å². The molecular weight excluding hydrogens is 353 g/mol. The number of fused-ring (bicyclic) bond motifs is 1. The molecule has 2 aromatic heterocycles. The number of anilines is 1. The van der Waals surface area contributed by atoms with Crippen LogP contribution >= 0.6 is 23.2 Å². The fourth-order valence-electron chi connectivity index (χ4n) is 1.78. The van der Waals surface area contributed by atoms with E-state index in [0.29, 0.717) is 11.1 Å². The zero-order chi connectivity index (χ0) is 15.9. The summed E-state index contributed by atoms with van der Waals surface area (Å²) in [7, 11) is -3.89. The lowest BCUT2D eigenvalue weighted by Gasteiger charge is -2.08. The Kier molecular flexibility index (Phi) is 3.59. The normalized spacial score (nSPS) is 11.7. The van der Waals surface area contributed by atoms with Gasteiger partial charge < -0.3 is 4.42 Å². The van der Waals surface area contributed by atoms with Gasteiger partial charge in [0.15, 0.2) is 5.58 Å². The van der Waals surface area contributed by atoms with E-state index in [1.165, 1.54) is 24.3 Å². The summed E-state index contributed by atoms with van der Waals surface area (Å²) in [5.41, 5.74) is 0.942. The molecule has 0 aliphatic heterocycles. The summed E-state index contributed by atoms with van der Waals surface area (Å²) < 4.78 is 31.7. The summed E-state index contributed by atoms with van der Waals surface area (Å²) in [6.07, 6.45) is 1.09. The smallest absolute Gasteiger partial charge is 0.408 e. The molecular formula is C12H7Cl2N3O4S. The number of halogens is 2. The van der Waals surface area contributed by atoms with Crippen molar-refractivity contribution in [1.29, 1.82) is 0 Å². The second-order valence-electron chi connectivity index (χ2n) is 4.27. The number of pyridine rings is 1. The fraction of sp³-hybridized carbons (Fsp3) is 0. The van der Waals surface area contributed by atoms with Crippen LogP contribution in [0, 0.1) is 0 Å². The lowest BCUT2D eigenvalue weighted by Crippen LogP contribution is -2.13. The number of nitrogens with one attached hydrogen (secondary N) is 2. The third kappa shape index (κ3) is 2.80. The lowest BCUT2D eigenvalue weighted by atomic mass is 10.3. The minimum absolute atomic E-state index is 0.0120. The van der Waals surface area contributed by atoms with E-state index in [-0.39, 0.29) is 20.8 Å². The van der Waals surface area contributed by atoms with Crippen LogP contribution in [0.4, 0.5) is 5.69 Å². The molecule has 0 bridgehead atoms. The van der Waals surface area contributed by atoms with Crippen LogP contribution in [-0.4, -0.2) is 18.4 Å². The molecule has 0 atom stereocenters. The number of sulfonamides is 1. The van der Waals surface area contributed by atoms with Gasteiger partial charge in [0.1, 0.15) is 10.0 Å². The molecule has 3 aromatic rings. The Labute approximate surface area is 133 Å². The molecule has 0 saturated heterocycles. The van der Waals surface area contributed by atoms with Gasteiger partial charge in [-0.25, -0.2) is 18.2 Å². The number of nitrogens with zero attached hydrogens (tertiary/aromatic N) is 1. The Morgan fingerprint density at radius 1 is 1.23 bits per heavy atom. The quantitative estimate of drug-likeness (QED) is 0.699. The maximum absolute atomic E-state index is 12.3. The SMILES string of the molecule is O=c1[nH]c2cc(NS(=O)(=O)c3cnc(Cl)c(Cl)c3)ccc2o1. The van der Waals surface area contributed by atoms with Gasteiger partial charge >= 0.3 is 5.76 Å². The maximum Gasteiger partial charge on any atom is 0.417 e. The van der Waals surface area contributed by atoms with Gasteiger partial charge in [0.05, 0.1) is 16.2 Å². The molecule has 1 aromatic carbocycles. The van der Waals surface area contributed by atoms with E-state index >= 15 is 0 Å². The lowest BCUT2D eigenvalue weighted by molar-refractivity contribution is 0.555. The molecule has 22 heavy (non-hydrogen) atoms. The average molecular weight is 360 g/mol. The van der Waals surface area contributed by atoms with Gasteiger partial charge in [-0.3, -0.25) is 9.71 Å². The number of benzene rings is 1. The number of rotatable bonds is 3. The molecule has 2 N–H and O–H groups in total. The predicted molar refractivity (Wildman–Crippen MR) is 81.9 cm³/mol. The van der Waals surface area contributed by atoms with E-state index in [2.05, 4.69) is 14.7 Å². The average Bonchev–Trinajstić information content (AvgIpc) is 2.80. The molecule has 0 saturated carbocycles. The summed E-state index contributed by atoms with van der Waals surface area (Å²) >= 11 is 11.4. The molecule has 3 rings (SSSR count). The van der Waals surface area contributed by atoms with Crippen molar-refractivity contribution in [2.75, 3.05) is 4.72 Å². The van der Waals surface area contributed by atoms with Crippen molar-refractivity contribution in [2.45, 2.75) is 4.90 Å². The van der Waals surface area contributed by atoms with Gasteiger partial charge in [0.2, 0.25) is 0 Å². The van der Waals surface area contributed by atoms with Crippen LogP contribution in [0.5, 0.6) is 0 Å². The number of H-pyrrole nitrogens is 1. The summed E-state index contributed by atoms with van der Waals surface area (Å²) in [4.78, 5) is 17.1. The van der Waals surface area contributed by atoms with Crippen LogP contribution in [-0.2, 0) is 10.0 Å². The molecule has 0 aliphatic carbocycles. The van der Waals surface area contributed by atoms with Crippen molar-refractivity contribution in [3.05, 3.63) is 51.2 Å². The third-order valence-electron chi connectivity index (χ3n) is 2.75. The molecule has 0 amide bonds. The summed E-state index contributed by atoms with van der Waals surface area (Å²) in [5.74, 6) is -0.622. The van der Waals surface area contributed by atoms with E-state index in [4.69, 9.17) is 27.6 Å². The Morgan fingerprint density at radius 3 is 2.73 bits per heavy atom. The van der Waals surface area contributed by atoms with Crippen molar-refractivity contribution in [1.82, 2.24) is 9.97 Å². The minimum Gasteiger partial charge on any atom is -0.408 e. The molecule has 0 radical (unpaired) electrons. The van der Waals surface area contributed by atoms with Gasteiger partial charge in [-0.15, -0.1) is 0 Å². The zero-order valence-electron chi connectivity index (χ0n) is 10.6. The maximum atomic E-state index is 12.3. The van der Waals surface area contributed by atoms with Gasteiger partial charge in [-0.2, -0.15) is 0 Å². The largest absolute Gasteiger partial charge is 0.417 e. The first-order valence-electron chi connectivity index (χ1n) is 5.82. The molecule has 0 unspecified atom stereocenters. The van der Waals surface area contributed by atoms with Crippen molar-refractivity contribution < 1.29 is 12.8 Å². The Balaban J connectivity index is 1.98. The summed E-state index contributed by atoms with van der Waals surface area (Å²) in [5, 5.41) is 0.0390. The first-order valence-corrected chi connectivity index (χ1v) is 8.06. The highest BCUT2D eigenvalue weighted by atomic mass is 35.5. The van der Waals surface area contributed by atoms with Gasteiger partial charge in [0, 0.05) is 6.20 Å². The van der Waals surface area contributed by atoms with Crippen molar-refractivity contribution in [3.8, 4) is 0 Å². The third-order valence-corrected chi connectivity index (χ3v) is 4.79. The highest BCUT2D eigenvalue weighted by Gasteiger charge is 2.17. The predicted octanol–water partition coefficient (Wildman–Crippen LogP) is 2.62. The molecule has 7 nitrogen and oxygen atoms in total. The molecule has 10 heteroatoms. The highest BCUT2D eigenvalue weighted by Crippen LogP contribution is 2.24. The molecule has 2 heterocycles. The zero-order valence-corrected chi connectivity index (χ0v) is 13.0. The summed E-state index contributed by atoms with van der Waals surface area (Å²) in [6, 6.07) is 5.56. The van der Waals surface area contributed by atoms with Gasteiger partial charge in [0.25, 0.3) is 10.0 Å². The molecule has 0 aliphatic rings. The van der Waals surface area contributed by atoms with Crippen molar-refractivity contribution in [3.63, 3.8) is 0 Å². The second-order valence-corrected chi connectivity index (χ2v) is 6.72. The minimum atomic E-state index is -3.89. The first-order chi connectivity index (χ1) is 10.3. The topological polar surface area (TPSA) is 105 Å². The molecule has 0 fully saturated rings.